The van der Waals surface area contributed by atoms with Gasteiger partial charge in [0.05, 0.1) is 20.8 Å². The normalized spacial score (nSPS) is 11.2. The van der Waals surface area contributed by atoms with Crippen molar-refractivity contribution in [1.29, 1.82) is 0 Å². The molecule has 0 spiro atoms. The van der Waals surface area contributed by atoms with E-state index in [4.69, 9.17) is 9.47 Å². The minimum atomic E-state index is -0.253. The predicted octanol–water partition coefficient (Wildman–Crippen LogP) is 3.86. The molecule has 0 aromatic heterocycles. The summed E-state index contributed by atoms with van der Waals surface area (Å²) in [7, 11) is 3.20. The summed E-state index contributed by atoms with van der Waals surface area (Å²) in [5, 5.41) is 6.31. The monoisotopic (exact) mass is 423 g/mol. The Morgan fingerprint density at radius 1 is 1.08 bits per heavy atom. The van der Waals surface area contributed by atoms with Crippen LogP contribution in [0.5, 0.6) is 11.5 Å². The number of nitrogens with one attached hydrogen (secondary N) is 2. The summed E-state index contributed by atoms with van der Waals surface area (Å²) in [5.41, 5.74) is 1.55. The second kappa shape index (κ2) is 10.0. The fraction of sp³-hybridized carbons (Fsp3) is 0.316. The fourth-order valence-electron chi connectivity index (χ4n) is 2.35. The van der Waals surface area contributed by atoms with Crippen molar-refractivity contribution in [3.05, 3.63) is 57.8 Å². The SMILES string of the molecule is CCNC(=NCc1ccc(OC)c(OC)c1)NCc1cc(Br)ccc1F. The topological polar surface area (TPSA) is 54.9 Å². The van der Waals surface area contributed by atoms with Gasteiger partial charge in [0, 0.05) is 23.1 Å². The molecular formula is C19H23BrFN3O2. The van der Waals surface area contributed by atoms with Gasteiger partial charge in [0.25, 0.3) is 0 Å². The van der Waals surface area contributed by atoms with Crippen molar-refractivity contribution in [3.63, 3.8) is 0 Å². The van der Waals surface area contributed by atoms with Crippen LogP contribution in [0.3, 0.4) is 0 Å². The van der Waals surface area contributed by atoms with Crippen LogP contribution >= 0.6 is 15.9 Å². The highest BCUT2D eigenvalue weighted by molar-refractivity contribution is 9.10. The van der Waals surface area contributed by atoms with Gasteiger partial charge in [0.1, 0.15) is 5.82 Å². The van der Waals surface area contributed by atoms with E-state index in [-0.39, 0.29) is 5.82 Å². The van der Waals surface area contributed by atoms with Gasteiger partial charge in [0.15, 0.2) is 17.5 Å². The summed E-state index contributed by atoms with van der Waals surface area (Å²) in [6.45, 7) is 3.48. The second-order valence-corrected chi connectivity index (χ2v) is 6.39. The minimum Gasteiger partial charge on any atom is -0.493 e. The van der Waals surface area contributed by atoms with E-state index in [2.05, 4.69) is 31.6 Å². The molecule has 0 radical (unpaired) electrons. The number of aliphatic imine (C=N–C) groups is 1. The number of ether oxygens (including phenoxy) is 2. The molecule has 0 saturated heterocycles. The summed E-state index contributed by atoms with van der Waals surface area (Å²) in [5.74, 6) is 1.70. The van der Waals surface area contributed by atoms with Crippen molar-refractivity contribution >= 4 is 21.9 Å². The maximum Gasteiger partial charge on any atom is 0.191 e. The Morgan fingerprint density at radius 3 is 2.54 bits per heavy atom. The van der Waals surface area contributed by atoms with E-state index in [0.717, 1.165) is 10.0 Å². The zero-order valence-electron chi connectivity index (χ0n) is 15.1. The van der Waals surface area contributed by atoms with Gasteiger partial charge in [-0.1, -0.05) is 22.0 Å². The Kier molecular flexibility index (Phi) is 7.72. The molecule has 0 aliphatic carbocycles. The van der Waals surface area contributed by atoms with Crippen LogP contribution in [0.25, 0.3) is 0 Å². The molecule has 2 rings (SSSR count). The quantitative estimate of drug-likeness (QED) is 0.524. The van der Waals surface area contributed by atoms with Crippen LogP contribution in [0, 0.1) is 5.82 Å². The first-order valence-corrected chi connectivity index (χ1v) is 9.03. The number of nitrogens with zero attached hydrogens (tertiary/aromatic N) is 1. The smallest absolute Gasteiger partial charge is 0.191 e. The third-order valence-electron chi connectivity index (χ3n) is 3.67. The molecule has 140 valence electrons. The van der Waals surface area contributed by atoms with Gasteiger partial charge in [-0.25, -0.2) is 9.38 Å². The van der Waals surface area contributed by atoms with Gasteiger partial charge >= 0.3 is 0 Å². The molecule has 2 aromatic rings. The standard InChI is InChI=1S/C19H23BrFN3O2/c1-4-22-19(24-12-14-10-15(20)6-7-16(14)21)23-11-13-5-8-17(25-2)18(9-13)26-3/h5-10H,4,11-12H2,1-3H3,(H2,22,23,24). The highest BCUT2D eigenvalue weighted by Gasteiger charge is 2.06. The third-order valence-corrected chi connectivity index (χ3v) is 4.16. The number of halogens is 2. The van der Waals surface area contributed by atoms with Gasteiger partial charge in [-0.05, 0) is 42.8 Å². The molecule has 0 aliphatic rings. The number of benzene rings is 2. The predicted molar refractivity (Wildman–Crippen MR) is 105 cm³/mol. The molecule has 26 heavy (non-hydrogen) atoms. The van der Waals surface area contributed by atoms with E-state index in [1.807, 2.05) is 25.1 Å². The highest BCUT2D eigenvalue weighted by atomic mass is 79.9. The van der Waals surface area contributed by atoms with Crippen LogP contribution in [0.4, 0.5) is 4.39 Å². The molecule has 7 heteroatoms. The van der Waals surface area contributed by atoms with Crippen molar-refractivity contribution < 1.29 is 13.9 Å². The summed E-state index contributed by atoms with van der Waals surface area (Å²) in [6.07, 6.45) is 0. The van der Waals surface area contributed by atoms with E-state index >= 15 is 0 Å². The summed E-state index contributed by atoms with van der Waals surface area (Å²) < 4.78 is 25.2. The number of guanidine groups is 1. The first kappa shape index (κ1) is 20.0. The lowest BCUT2D eigenvalue weighted by atomic mass is 10.2. The van der Waals surface area contributed by atoms with Crippen LogP contribution in [0.15, 0.2) is 45.9 Å². The van der Waals surface area contributed by atoms with E-state index in [1.165, 1.54) is 6.07 Å². The summed E-state index contributed by atoms with van der Waals surface area (Å²) >= 11 is 3.36. The molecule has 0 aliphatic heterocycles. The number of rotatable bonds is 7. The van der Waals surface area contributed by atoms with Crippen molar-refractivity contribution in [2.45, 2.75) is 20.0 Å². The van der Waals surface area contributed by atoms with Crippen LogP contribution in [-0.4, -0.2) is 26.7 Å². The Labute approximate surface area is 161 Å². The maximum absolute atomic E-state index is 13.9. The zero-order chi connectivity index (χ0) is 18.9. The van der Waals surface area contributed by atoms with Crippen LogP contribution < -0.4 is 20.1 Å². The molecule has 0 saturated carbocycles. The Morgan fingerprint density at radius 2 is 1.85 bits per heavy atom. The van der Waals surface area contributed by atoms with Crippen molar-refractivity contribution in [2.75, 3.05) is 20.8 Å². The van der Waals surface area contributed by atoms with E-state index in [9.17, 15) is 4.39 Å². The number of hydrogen-bond donors (Lipinski definition) is 2. The Hall–Kier alpha value is -2.28. The third kappa shape index (κ3) is 5.62. The van der Waals surface area contributed by atoms with E-state index in [0.29, 0.717) is 42.7 Å². The summed E-state index contributed by atoms with van der Waals surface area (Å²) in [6, 6.07) is 10.5. The van der Waals surface area contributed by atoms with Gasteiger partial charge in [0.2, 0.25) is 0 Å². The highest BCUT2D eigenvalue weighted by Crippen LogP contribution is 2.27. The molecule has 0 atom stereocenters. The van der Waals surface area contributed by atoms with Crippen LogP contribution in [0.2, 0.25) is 0 Å². The van der Waals surface area contributed by atoms with Gasteiger partial charge in [-0.3, -0.25) is 0 Å². The molecule has 2 N–H and O–H groups in total. The second-order valence-electron chi connectivity index (χ2n) is 5.47. The average Bonchev–Trinajstić information content (AvgIpc) is 2.66. The van der Waals surface area contributed by atoms with Gasteiger partial charge in [-0.15, -0.1) is 0 Å². The molecule has 0 bridgehead atoms. The largest absolute Gasteiger partial charge is 0.493 e. The summed E-state index contributed by atoms with van der Waals surface area (Å²) in [4.78, 5) is 4.55. The van der Waals surface area contributed by atoms with Crippen molar-refractivity contribution in [1.82, 2.24) is 10.6 Å². The maximum atomic E-state index is 13.9. The molecule has 5 nitrogen and oxygen atoms in total. The zero-order valence-corrected chi connectivity index (χ0v) is 16.7. The Bertz CT molecular complexity index is 768. The minimum absolute atomic E-state index is 0.253. The lowest BCUT2D eigenvalue weighted by Gasteiger charge is -2.13. The van der Waals surface area contributed by atoms with Gasteiger partial charge < -0.3 is 20.1 Å². The van der Waals surface area contributed by atoms with Crippen LogP contribution in [0.1, 0.15) is 18.1 Å². The first-order chi connectivity index (χ1) is 12.6. The van der Waals surface area contributed by atoms with Gasteiger partial charge in [-0.2, -0.15) is 0 Å². The van der Waals surface area contributed by atoms with E-state index in [1.54, 1.807) is 26.4 Å². The average molecular weight is 424 g/mol. The van der Waals surface area contributed by atoms with Crippen molar-refractivity contribution in [2.24, 2.45) is 4.99 Å². The molecule has 0 amide bonds. The first-order valence-electron chi connectivity index (χ1n) is 8.24. The molecule has 0 unspecified atom stereocenters. The van der Waals surface area contributed by atoms with Crippen molar-refractivity contribution in [3.8, 4) is 11.5 Å². The fourth-order valence-corrected chi connectivity index (χ4v) is 2.76. The number of hydrogen-bond acceptors (Lipinski definition) is 3. The molecule has 0 fully saturated rings. The lowest BCUT2D eigenvalue weighted by Crippen LogP contribution is -2.37. The molecule has 0 heterocycles. The van der Waals surface area contributed by atoms with Crippen LogP contribution in [-0.2, 0) is 13.1 Å². The lowest BCUT2D eigenvalue weighted by molar-refractivity contribution is 0.354. The molecular weight excluding hydrogens is 401 g/mol. The molecule has 2 aromatic carbocycles. The Balaban J connectivity index is 2.07. The van der Waals surface area contributed by atoms with E-state index < -0.39 is 0 Å². The number of methoxy groups -OCH3 is 2.